The molecule has 0 fully saturated rings. The van der Waals surface area contributed by atoms with Crippen molar-refractivity contribution < 1.29 is 4.79 Å². The number of hydrogen-bond donors (Lipinski definition) is 1. The minimum atomic E-state index is -0.0915. The maximum absolute atomic E-state index is 10.9. The molecule has 0 heterocycles. The van der Waals surface area contributed by atoms with Gasteiger partial charge in [0.25, 0.3) is 0 Å². The van der Waals surface area contributed by atoms with Crippen LogP contribution in [0, 0.1) is 11.3 Å². The Kier molecular flexibility index (Phi) is 4.36. The van der Waals surface area contributed by atoms with Gasteiger partial charge >= 0.3 is 0 Å². The molecule has 1 atom stereocenters. The normalized spacial score (nSPS) is 11.5. The van der Waals surface area contributed by atoms with E-state index in [1.807, 2.05) is 30.3 Å². The van der Waals surface area contributed by atoms with E-state index in [0.717, 1.165) is 5.56 Å². The molecule has 0 aliphatic heterocycles. The molecule has 0 saturated heterocycles. The maximum atomic E-state index is 10.9. The van der Waals surface area contributed by atoms with E-state index in [9.17, 15) is 4.79 Å². The quantitative estimate of drug-likeness (QED) is 0.807. The topological polar surface area (TPSA) is 52.9 Å². The van der Waals surface area contributed by atoms with Gasteiger partial charge in [0.1, 0.15) is 0 Å². The molecule has 1 unspecified atom stereocenters. The molecular weight excluding hydrogens is 188 g/mol. The second-order valence-electron chi connectivity index (χ2n) is 3.45. The fourth-order valence-electron chi connectivity index (χ4n) is 1.47. The molecule has 0 saturated carbocycles. The van der Waals surface area contributed by atoms with Crippen LogP contribution < -0.4 is 5.32 Å². The van der Waals surface area contributed by atoms with E-state index in [1.165, 1.54) is 6.92 Å². The molecule has 1 rings (SSSR count). The predicted molar refractivity (Wildman–Crippen MR) is 58.0 cm³/mol. The molecule has 0 aliphatic rings. The number of carbonyl (C=O) groups excluding carboxylic acids is 1. The molecule has 0 spiro atoms. The number of nitrogens with zero attached hydrogens (tertiary/aromatic N) is 1. The van der Waals surface area contributed by atoms with Crippen molar-refractivity contribution in [2.24, 2.45) is 0 Å². The first-order chi connectivity index (χ1) is 7.22. The van der Waals surface area contributed by atoms with Crippen molar-refractivity contribution in [2.75, 3.05) is 0 Å². The van der Waals surface area contributed by atoms with E-state index in [0.29, 0.717) is 12.8 Å². The molecule has 1 aromatic carbocycles. The second-order valence-corrected chi connectivity index (χ2v) is 3.45. The maximum Gasteiger partial charge on any atom is 0.217 e. The van der Waals surface area contributed by atoms with Gasteiger partial charge in [-0.15, -0.1) is 0 Å². The molecule has 78 valence electrons. The van der Waals surface area contributed by atoms with Crippen LogP contribution in [0.1, 0.15) is 18.9 Å². The Labute approximate surface area is 89.7 Å². The Morgan fingerprint density at radius 1 is 1.47 bits per heavy atom. The van der Waals surface area contributed by atoms with Gasteiger partial charge in [0.15, 0.2) is 0 Å². The summed E-state index contributed by atoms with van der Waals surface area (Å²) in [6, 6.07) is 11.8. The molecule has 0 radical (unpaired) electrons. The summed E-state index contributed by atoms with van der Waals surface area (Å²) in [6.07, 6.45) is 1.04. The van der Waals surface area contributed by atoms with Gasteiger partial charge in [0, 0.05) is 13.0 Å². The highest BCUT2D eigenvalue weighted by Gasteiger charge is 2.09. The highest BCUT2D eigenvalue weighted by Crippen LogP contribution is 2.05. The van der Waals surface area contributed by atoms with Crippen molar-refractivity contribution in [1.82, 2.24) is 5.32 Å². The van der Waals surface area contributed by atoms with E-state index in [4.69, 9.17) is 5.26 Å². The van der Waals surface area contributed by atoms with Crippen LogP contribution >= 0.6 is 0 Å². The Morgan fingerprint density at radius 2 is 2.13 bits per heavy atom. The van der Waals surface area contributed by atoms with E-state index in [2.05, 4.69) is 11.4 Å². The zero-order chi connectivity index (χ0) is 11.1. The summed E-state index contributed by atoms with van der Waals surface area (Å²) in [7, 11) is 0. The van der Waals surface area contributed by atoms with Crippen LogP contribution in [0.25, 0.3) is 0 Å². The summed E-state index contributed by atoms with van der Waals surface area (Å²) in [5.74, 6) is -0.0915. The number of benzene rings is 1. The van der Waals surface area contributed by atoms with E-state index in [1.54, 1.807) is 0 Å². The van der Waals surface area contributed by atoms with Gasteiger partial charge < -0.3 is 5.32 Å². The first kappa shape index (κ1) is 11.3. The average molecular weight is 202 g/mol. The highest BCUT2D eigenvalue weighted by molar-refractivity contribution is 5.73. The lowest BCUT2D eigenvalue weighted by Gasteiger charge is -2.14. The number of carbonyl (C=O) groups is 1. The minimum Gasteiger partial charge on any atom is -0.352 e. The number of nitriles is 1. The van der Waals surface area contributed by atoms with Gasteiger partial charge in [-0.05, 0) is 12.0 Å². The lowest BCUT2D eigenvalue weighted by Crippen LogP contribution is -2.34. The molecule has 1 amide bonds. The van der Waals surface area contributed by atoms with Crippen molar-refractivity contribution in [3.63, 3.8) is 0 Å². The first-order valence-electron chi connectivity index (χ1n) is 4.90. The molecule has 0 aromatic heterocycles. The van der Waals surface area contributed by atoms with Crippen LogP contribution in [0.3, 0.4) is 0 Å². The van der Waals surface area contributed by atoms with E-state index >= 15 is 0 Å². The Balaban J connectivity index is 2.59. The minimum absolute atomic E-state index is 0.0881. The van der Waals surface area contributed by atoms with Crippen LogP contribution in [0.5, 0.6) is 0 Å². The molecule has 0 bridgehead atoms. The fraction of sp³-hybridized carbons (Fsp3) is 0.333. The molecule has 0 aliphatic carbocycles. The monoisotopic (exact) mass is 202 g/mol. The summed E-state index contributed by atoms with van der Waals surface area (Å²) in [6.45, 7) is 1.47. The van der Waals surface area contributed by atoms with Crippen LogP contribution in [0.4, 0.5) is 0 Å². The van der Waals surface area contributed by atoms with Gasteiger partial charge in [-0.2, -0.15) is 5.26 Å². The fourth-order valence-corrected chi connectivity index (χ4v) is 1.47. The summed E-state index contributed by atoms with van der Waals surface area (Å²) in [4.78, 5) is 10.9. The van der Waals surface area contributed by atoms with Gasteiger partial charge in [-0.3, -0.25) is 4.79 Å². The predicted octanol–water partition coefficient (Wildman–Crippen LogP) is 1.65. The van der Waals surface area contributed by atoms with Crippen molar-refractivity contribution in [3.8, 4) is 6.07 Å². The molecule has 15 heavy (non-hydrogen) atoms. The SMILES string of the molecule is CC(=O)NC(CC#N)Cc1ccccc1. The number of hydrogen-bond acceptors (Lipinski definition) is 2. The molecule has 3 heteroatoms. The van der Waals surface area contributed by atoms with Crippen molar-refractivity contribution in [1.29, 1.82) is 5.26 Å². The number of rotatable bonds is 4. The average Bonchev–Trinajstić information content (AvgIpc) is 2.18. The second kappa shape index (κ2) is 5.82. The molecule has 1 N–H and O–H groups in total. The third-order valence-corrected chi connectivity index (χ3v) is 2.07. The van der Waals surface area contributed by atoms with Gasteiger partial charge in [0.2, 0.25) is 5.91 Å². The molecular formula is C12H14N2O. The third kappa shape index (κ3) is 4.28. The lowest BCUT2D eigenvalue weighted by atomic mass is 10.0. The van der Waals surface area contributed by atoms with Crippen LogP contribution in [0.15, 0.2) is 30.3 Å². The molecule has 3 nitrogen and oxygen atoms in total. The number of nitrogens with one attached hydrogen (secondary N) is 1. The Hall–Kier alpha value is -1.82. The summed E-state index contributed by atoms with van der Waals surface area (Å²) < 4.78 is 0. The largest absolute Gasteiger partial charge is 0.352 e. The van der Waals surface area contributed by atoms with Crippen molar-refractivity contribution >= 4 is 5.91 Å². The van der Waals surface area contributed by atoms with Gasteiger partial charge in [0.05, 0.1) is 12.5 Å². The van der Waals surface area contributed by atoms with Crippen molar-refractivity contribution in [2.45, 2.75) is 25.8 Å². The summed E-state index contributed by atoms with van der Waals surface area (Å²) >= 11 is 0. The zero-order valence-electron chi connectivity index (χ0n) is 8.73. The smallest absolute Gasteiger partial charge is 0.217 e. The van der Waals surface area contributed by atoms with Crippen LogP contribution in [-0.2, 0) is 11.2 Å². The Morgan fingerprint density at radius 3 is 2.67 bits per heavy atom. The van der Waals surface area contributed by atoms with Gasteiger partial charge in [-0.1, -0.05) is 30.3 Å². The standard InChI is InChI=1S/C12H14N2O/c1-10(15)14-12(7-8-13)9-11-5-3-2-4-6-11/h2-6,12H,7,9H2,1H3,(H,14,15). The third-order valence-electron chi connectivity index (χ3n) is 2.07. The summed E-state index contributed by atoms with van der Waals surface area (Å²) in [5.41, 5.74) is 1.13. The van der Waals surface area contributed by atoms with E-state index < -0.39 is 0 Å². The zero-order valence-corrected chi connectivity index (χ0v) is 8.73. The number of amides is 1. The van der Waals surface area contributed by atoms with Crippen LogP contribution in [0.2, 0.25) is 0 Å². The van der Waals surface area contributed by atoms with E-state index in [-0.39, 0.29) is 11.9 Å². The summed E-state index contributed by atoms with van der Waals surface area (Å²) in [5, 5.41) is 11.4. The van der Waals surface area contributed by atoms with Gasteiger partial charge in [-0.25, -0.2) is 0 Å². The first-order valence-corrected chi connectivity index (χ1v) is 4.90. The lowest BCUT2D eigenvalue weighted by molar-refractivity contribution is -0.119. The van der Waals surface area contributed by atoms with Crippen LogP contribution in [-0.4, -0.2) is 11.9 Å². The molecule has 1 aromatic rings. The highest BCUT2D eigenvalue weighted by atomic mass is 16.1. The van der Waals surface area contributed by atoms with Crippen molar-refractivity contribution in [3.05, 3.63) is 35.9 Å². The Bertz CT molecular complexity index is 354.